The van der Waals surface area contributed by atoms with E-state index in [-0.39, 0.29) is 0 Å². The molecule has 0 aromatic heterocycles. The van der Waals surface area contributed by atoms with Gasteiger partial charge in [-0.05, 0) is 18.9 Å². The van der Waals surface area contributed by atoms with E-state index < -0.39 is 5.41 Å². The summed E-state index contributed by atoms with van der Waals surface area (Å²) in [4.78, 5) is 0. The normalized spacial score (nSPS) is 13.9. The van der Waals surface area contributed by atoms with Crippen LogP contribution in [0.25, 0.3) is 0 Å². The summed E-state index contributed by atoms with van der Waals surface area (Å²) in [6.07, 6.45) is 10.4. The molecule has 1 aromatic carbocycles. The van der Waals surface area contributed by atoms with Crippen LogP contribution in [0, 0.1) is 23.7 Å². The molecule has 1 aromatic rings. The molecule has 0 N–H and O–H groups in total. The largest absolute Gasteiger partial charge is 0.197 e. The highest BCUT2D eigenvalue weighted by Crippen LogP contribution is 2.31. The Morgan fingerprint density at radius 3 is 2.56 bits per heavy atom. The Hall–Kier alpha value is -1.99. The Morgan fingerprint density at radius 2 is 2.06 bits per heavy atom. The van der Waals surface area contributed by atoms with Gasteiger partial charge in [0, 0.05) is 6.42 Å². The summed E-state index contributed by atoms with van der Waals surface area (Å²) in [6, 6.07) is 12.1. The van der Waals surface area contributed by atoms with Gasteiger partial charge in [-0.25, -0.2) is 0 Å². The minimum atomic E-state index is -0.581. The van der Waals surface area contributed by atoms with E-state index in [1.807, 2.05) is 49.4 Å². The highest BCUT2D eigenvalue weighted by Gasteiger charge is 2.29. The molecule has 0 unspecified atom stereocenters. The molecular weight excluding hydrogens is 194 g/mol. The summed E-state index contributed by atoms with van der Waals surface area (Å²) in [5, 5.41) is 9.41. The van der Waals surface area contributed by atoms with Crippen molar-refractivity contribution in [2.75, 3.05) is 0 Å². The van der Waals surface area contributed by atoms with Gasteiger partial charge in [0.2, 0.25) is 0 Å². The van der Waals surface area contributed by atoms with Gasteiger partial charge in [0.15, 0.2) is 0 Å². The molecule has 80 valence electrons. The molecule has 0 radical (unpaired) electrons. The van der Waals surface area contributed by atoms with E-state index in [0.29, 0.717) is 12.8 Å². The van der Waals surface area contributed by atoms with Crippen LogP contribution in [0.15, 0.2) is 42.5 Å². The number of benzene rings is 1. The molecule has 0 aliphatic rings. The van der Waals surface area contributed by atoms with Gasteiger partial charge in [-0.3, -0.25) is 0 Å². The average Bonchev–Trinajstić information content (AvgIpc) is 2.36. The van der Waals surface area contributed by atoms with Crippen LogP contribution in [0.1, 0.15) is 25.3 Å². The first kappa shape index (κ1) is 12.1. The summed E-state index contributed by atoms with van der Waals surface area (Å²) in [5.74, 6) is 2.61. The van der Waals surface area contributed by atoms with Crippen LogP contribution in [-0.4, -0.2) is 0 Å². The van der Waals surface area contributed by atoms with Gasteiger partial charge in [-0.15, -0.1) is 12.3 Å². The number of nitriles is 1. The molecule has 0 heterocycles. The van der Waals surface area contributed by atoms with Gasteiger partial charge in [0.1, 0.15) is 0 Å². The van der Waals surface area contributed by atoms with Gasteiger partial charge in [0.05, 0.1) is 11.5 Å². The van der Waals surface area contributed by atoms with Crippen molar-refractivity contribution in [3.63, 3.8) is 0 Å². The number of hydrogen-bond acceptors (Lipinski definition) is 1. The van der Waals surface area contributed by atoms with E-state index in [1.54, 1.807) is 0 Å². The molecule has 0 amide bonds. The van der Waals surface area contributed by atoms with Crippen LogP contribution in [0.3, 0.4) is 0 Å². The number of rotatable bonds is 4. The lowest BCUT2D eigenvalue weighted by molar-refractivity contribution is 0.574. The predicted molar refractivity (Wildman–Crippen MR) is 66.6 cm³/mol. The molecule has 1 atom stereocenters. The maximum absolute atomic E-state index is 9.41. The minimum Gasteiger partial charge on any atom is -0.197 e. The monoisotopic (exact) mass is 209 g/mol. The molecule has 16 heavy (non-hydrogen) atoms. The van der Waals surface area contributed by atoms with Gasteiger partial charge in [-0.2, -0.15) is 5.26 Å². The fraction of sp³-hybridized carbons (Fsp3) is 0.267. The summed E-state index contributed by atoms with van der Waals surface area (Å²) >= 11 is 0. The molecule has 1 nitrogen and oxygen atoms in total. The van der Waals surface area contributed by atoms with Gasteiger partial charge in [-0.1, -0.05) is 42.5 Å². The van der Waals surface area contributed by atoms with Crippen LogP contribution in [-0.2, 0) is 5.41 Å². The third-order valence-electron chi connectivity index (χ3n) is 2.65. The molecule has 0 bridgehead atoms. The number of terminal acetylenes is 1. The number of hydrogen-bond donors (Lipinski definition) is 0. The Bertz CT molecular complexity index is 431. The van der Waals surface area contributed by atoms with Crippen molar-refractivity contribution in [3.8, 4) is 18.4 Å². The molecule has 0 saturated heterocycles. The fourth-order valence-corrected chi connectivity index (χ4v) is 1.69. The molecule has 0 fully saturated rings. The molecule has 1 rings (SSSR count). The van der Waals surface area contributed by atoms with E-state index in [0.717, 1.165) is 5.56 Å². The Morgan fingerprint density at radius 1 is 1.38 bits per heavy atom. The highest BCUT2D eigenvalue weighted by molar-refractivity contribution is 5.35. The quantitative estimate of drug-likeness (QED) is 0.550. The van der Waals surface area contributed by atoms with E-state index in [9.17, 15) is 5.26 Å². The fourth-order valence-electron chi connectivity index (χ4n) is 1.69. The second-order valence-electron chi connectivity index (χ2n) is 3.71. The Kier molecular flexibility index (Phi) is 4.37. The van der Waals surface area contributed by atoms with Crippen LogP contribution in [0.4, 0.5) is 0 Å². The van der Waals surface area contributed by atoms with E-state index in [1.165, 1.54) is 0 Å². The van der Waals surface area contributed by atoms with Crippen LogP contribution < -0.4 is 0 Å². The smallest absolute Gasteiger partial charge is 0.0965 e. The summed E-state index contributed by atoms with van der Waals surface area (Å²) in [5.41, 5.74) is 0.413. The predicted octanol–water partition coefficient (Wildman–Crippen LogP) is 3.44. The lowest BCUT2D eigenvalue weighted by atomic mass is 9.76. The standard InChI is InChI=1S/C15H15N/c1-3-5-12-15(13-16,11-4-2)14-9-7-6-8-10-14/h2-3,5-10H,11-12H2,1H3/b5-3+/t15-/m1/s1. The molecule has 0 saturated carbocycles. The summed E-state index contributed by atoms with van der Waals surface area (Å²) in [7, 11) is 0. The zero-order valence-electron chi connectivity index (χ0n) is 9.48. The molecule has 0 aliphatic carbocycles. The van der Waals surface area contributed by atoms with Crippen LogP contribution in [0.2, 0.25) is 0 Å². The van der Waals surface area contributed by atoms with E-state index >= 15 is 0 Å². The first-order valence-corrected chi connectivity index (χ1v) is 5.30. The molecule has 0 spiro atoms. The van der Waals surface area contributed by atoms with Gasteiger partial charge < -0.3 is 0 Å². The number of nitrogens with zero attached hydrogens (tertiary/aromatic N) is 1. The first-order valence-electron chi connectivity index (χ1n) is 5.30. The van der Waals surface area contributed by atoms with Gasteiger partial charge >= 0.3 is 0 Å². The molecule has 0 aliphatic heterocycles. The zero-order chi connectivity index (χ0) is 11.9. The van der Waals surface area contributed by atoms with E-state index in [4.69, 9.17) is 6.42 Å². The van der Waals surface area contributed by atoms with E-state index in [2.05, 4.69) is 12.0 Å². The minimum absolute atomic E-state index is 0.442. The highest BCUT2D eigenvalue weighted by atomic mass is 14.4. The van der Waals surface area contributed by atoms with Crippen molar-refractivity contribution >= 4 is 0 Å². The second kappa shape index (κ2) is 5.79. The maximum Gasteiger partial charge on any atom is 0.0965 e. The maximum atomic E-state index is 9.41. The Balaban J connectivity index is 3.14. The Labute approximate surface area is 97.4 Å². The van der Waals surface area contributed by atoms with Crippen LogP contribution >= 0.6 is 0 Å². The third kappa shape index (κ3) is 2.53. The lowest BCUT2D eigenvalue weighted by Gasteiger charge is -2.23. The molecular formula is C15H15N. The van der Waals surface area contributed by atoms with Gasteiger partial charge in [0.25, 0.3) is 0 Å². The third-order valence-corrected chi connectivity index (χ3v) is 2.65. The first-order chi connectivity index (χ1) is 7.79. The summed E-state index contributed by atoms with van der Waals surface area (Å²) < 4.78 is 0. The number of allylic oxidation sites excluding steroid dienone is 2. The van der Waals surface area contributed by atoms with Crippen molar-refractivity contribution < 1.29 is 0 Å². The lowest BCUT2D eigenvalue weighted by Crippen LogP contribution is -2.22. The van der Waals surface area contributed by atoms with Crippen molar-refractivity contribution in [1.82, 2.24) is 0 Å². The topological polar surface area (TPSA) is 23.8 Å². The van der Waals surface area contributed by atoms with Crippen molar-refractivity contribution in [2.24, 2.45) is 0 Å². The van der Waals surface area contributed by atoms with Crippen molar-refractivity contribution in [2.45, 2.75) is 25.2 Å². The van der Waals surface area contributed by atoms with Crippen molar-refractivity contribution in [3.05, 3.63) is 48.0 Å². The SMILES string of the molecule is C#CC[C@](C#N)(C/C=C/C)c1ccccc1. The summed E-state index contributed by atoms with van der Waals surface area (Å²) in [6.45, 7) is 1.95. The van der Waals surface area contributed by atoms with Crippen LogP contribution in [0.5, 0.6) is 0 Å². The van der Waals surface area contributed by atoms with Crippen molar-refractivity contribution in [1.29, 1.82) is 5.26 Å². The molecule has 1 heteroatoms. The zero-order valence-corrected chi connectivity index (χ0v) is 9.48. The average molecular weight is 209 g/mol. The second-order valence-corrected chi connectivity index (χ2v) is 3.71.